The molecule has 7 heteroatoms. The molecule has 0 unspecified atom stereocenters. The summed E-state index contributed by atoms with van der Waals surface area (Å²) in [7, 11) is 0. The normalized spacial score (nSPS) is 15.0. The van der Waals surface area contributed by atoms with Gasteiger partial charge < -0.3 is 15.4 Å². The molecule has 0 spiro atoms. The number of nitrogens with two attached hydrogens (primary N) is 1. The van der Waals surface area contributed by atoms with Crippen LogP contribution in [0, 0.1) is 5.92 Å². The highest BCUT2D eigenvalue weighted by molar-refractivity contribution is 7.13. The first-order valence-corrected chi connectivity index (χ1v) is 9.73. The van der Waals surface area contributed by atoms with E-state index in [9.17, 15) is 9.59 Å². The zero-order valence-corrected chi connectivity index (χ0v) is 15.6. The Morgan fingerprint density at radius 1 is 1.27 bits per heavy atom. The van der Waals surface area contributed by atoms with E-state index in [0.717, 1.165) is 22.7 Å². The van der Waals surface area contributed by atoms with Gasteiger partial charge in [0.2, 0.25) is 5.91 Å². The lowest BCUT2D eigenvalue weighted by atomic mass is 9.96. The fourth-order valence-electron chi connectivity index (χ4n) is 2.95. The van der Waals surface area contributed by atoms with Crippen molar-refractivity contribution in [3.8, 4) is 16.3 Å². The number of aromatic nitrogens is 1. The van der Waals surface area contributed by atoms with E-state index in [0.29, 0.717) is 38.2 Å². The highest BCUT2D eigenvalue weighted by Crippen LogP contribution is 2.27. The van der Waals surface area contributed by atoms with E-state index in [4.69, 9.17) is 10.5 Å². The van der Waals surface area contributed by atoms with Crippen molar-refractivity contribution in [1.29, 1.82) is 0 Å². The van der Waals surface area contributed by atoms with Crippen LogP contribution in [0.2, 0.25) is 0 Å². The van der Waals surface area contributed by atoms with Gasteiger partial charge in [0.15, 0.2) is 0 Å². The minimum atomic E-state index is -0.278. The molecule has 6 nitrogen and oxygen atoms in total. The molecule has 2 aromatic rings. The number of piperidine rings is 1. The fourth-order valence-corrected chi connectivity index (χ4v) is 3.75. The summed E-state index contributed by atoms with van der Waals surface area (Å²) < 4.78 is 5.58. The molecule has 1 aliphatic rings. The number of hydrogen-bond donors (Lipinski definition) is 1. The summed E-state index contributed by atoms with van der Waals surface area (Å²) >= 11 is 1.45. The van der Waals surface area contributed by atoms with Gasteiger partial charge in [-0.2, -0.15) is 0 Å². The molecule has 2 heterocycles. The average Bonchev–Trinajstić information content (AvgIpc) is 3.16. The second-order valence-electron chi connectivity index (χ2n) is 6.38. The number of hydrogen-bond acceptors (Lipinski definition) is 5. The highest BCUT2D eigenvalue weighted by atomic mass is 32.1. The van der Waals surface area contributed by atoms with E-state index in [1.54, 1.807) is 10.3 Å². The van der Waals surface area contributed by atoms with Gasteiger partial charge in [-0.3, -0.25) is 9.59 Å². The van der Waals surface area contributed by atoms with Gasteiger partial charge in [-0.25, -0.2) is 4.98 Å². The average molecular weight is 373 g/mol. The van der Waals surface area contributed by atoms with Crippen LogP contribution in [-0.4, -0.2) is 41.4 Å². The second kappa shape index (κ2) is 8.31. The Kier molecular flexibility index (Phi) is 5.88. The molecule has 2 N–H and O–H groups in total. The van der Waals surface area contributed by atoms with Crippen molar-refractivity contribution in [3.63, 3.8) is 0 Å². The molecular weight excluding hydrogens is 350 g/mol. The number of benzene rings is 1. The lowest BCUT2D eigenvalue weighted by molar-refractivity contribution is -0.123. The Hall–Kier alpha value is -2.41. The lowest BCUT2D eigenvalue weighted by Crippen LogP contribution is -2.41. The van der Waals surface area contributed by atoms with E-state index >= 15 is 0 Å². The van der Waals surface area contributed by atoms with Crippen LogP contribution in [0.25, 0.3) is 10.6 Å². The van der Waals surface area contributed by atoms with Gasteiger partial charge in [0.1, 0.15) is 16.5 Å². The maximum absolute atomic E-state index is 12.6. The summed E-state index contributed by atoms with van der Waals surface area (Å²) in [6, 6.07) is 7.75. The van der Waals surface area contributed by atoms with Crippen molar-refractivity contribution >= 4 is 23.2 Å². The first-order valence-electron chi connectivity index (χ1n) is 8.86. The minimum Gasteiger partial charge on any atom is -0.494 e. The molecule has 3 rings (SSSR count). The summed E-state index contributed by atoms with van der Waals surface area (Å²) in [5.41, 5.74) is 6.76. The molecule has 1 aromatic heterocycles. The van der Waals surface area contributed by atoms with Gasteiger partial charge in [0.05, 0.1) is 6.61 Å². The zero-order valence-electron chi connectivity index (χ0n) is 14.8. The predicted octanol–water partition coefficient (Wildman–Crippen LogP) is 2.94. The van der Waals surface area contributed by atoms with Gasteiger partial charge in [-0.15, -0.1) is 11.3 Å². The number of rotatable bonds is 6. The Morgan fingerprint density at radius 3 is 2.58 bits per heavy atom. The molecule has 1 aliphatic heterocycles. The second-order valence-corrected chi connectivity index (χ2v) is 7.24. The van der Waals surface area contributed by atoms with Crippen LogP contribution in [0.15, 0.2) is 29.6 Å². The standard InChI is InChI=1S/C19H23N3O3S/c1-2-11-25-15-5-3-14(4-6-15)18-21-16(12-26-18)19(24)22-9-7-13(8-10-22)17(20)23/h3-6,12-13H,2,7-11H2,1H3,(H2,20,23). The Morgan fingerprint density at radius 2 is 1.96 bits per heavy atom. The lowest BCUT2D eigenvalue weighted by Gasteiger charge is -2.30. The Labute approximate surface area is 157 Å². The van der Waals surface area contributed by atoms with Crippen LogP contribution in [-0.2, 0) is 4.79 Å². The van der Waals surface area contributed by atoms with Crippen LogP contribution >= 0.6 is 11.3 Å². The van der Waals surface area contributed by atoms with Gasteiger partial charge >= 0.3 is 0 Å². The number of carbonyl (C=O) groups is 2. The van der Waals surface area contributed by atoms with E-state index in [-0.39, 0.29) is 17.7 Å². The van der Waals surface area contributed by atoms with Crippen molar-refractivity contribution in [2.75, 3.05) is 19.7 Å². The molecule has 26 heavy (non-hydrogen) atoms. The van der Waals surface area contributed by atoms with Gasteiger partial charge in [-0.05, 0) is 43.5 Å². The third kappa shape index (κ3) is 4.22. The van der Waals surface area contributed by atoms with Crippen LogP contribution in [0.1, 0.15) is 36.7 Å². The SMILES string of the molecule is CCCOc1ccc(-c2nc(C(=O)N3CCC(C(N)=O)CC3)cs2)cc1. The van der Waals surface area contributed by atoms with Gasteiger partial charge in [0, 0.05) is 30.0 Å². The third-order valence-electron chi connectivity index (χ3n) is 4.48. The zero-order chi connectivity index (χ0) is 18.5. The van der Waals surface area contributed by atoms with E-state index in [2.05, 4.69) is 11.9 Å². The molecular formula is C19H23N3O3S. The molecule has 0 radical (unpaired) electrons. The topological polar surface area (TPSA) is 85.5 Å². The molecule has 0 saturated carbocycles. The smallest absolute Gasteiger partial charge is 0.273 e. The van der Waals surface area contributed by atoms with Crippen LogP contribution < -0.4 is 10.5 Å². The maximum atomic E-state index is 12.6. The van der Waals surface area contributed by atoms with Crippen LogP contribution in [0.4, 0.5) is 0 Å². The van der Waals surface area contributed by atoms with Gasteiger partial charge in [-0.1, -0.05) is 6.92 Å². The monoisotopic (exact) mass is 373 g/mol. The number of amides is 2. The van der Waals surface area contributed by atoms with Crippen LogP contribution in [0.5, 0.6) is 5.75 Å². The molecule has 1 aromatic carbocycles. The number of ether oxygens (including phenoxy) is 1. The molecule has 0 aliphatic carbocycles. The molecule has 1 saturated heterocycles. The fraction of sp³-hybridized carbons (Fsp3) is 0.421. The number of nitrogens with zero attached hydrogens (tertiary/aromatic N) is 2. The van der Waals surface area contributed by atoms with Gasteiger partial charge in [0.25, 0.3) is 5.91 Å². The Balaban J connectivity index is 1.64. The minimum absolute atomic E-state index is 0.0849. The summed E-state index contributed by atoms with van der Waals surface area (Å²) in [4.78, 5) is 30.1. The Bertz CT molecular complexity index is 765. The molecule has 1 fully saturated rings. The van der Waals surface area contributed by atoms with Crippen molar-refractivity contribution in [3.05, 3.63) is 35.3 Å². The molecule has 138 valence electrons. The van der Waals surface area contributed by atoms with E-state index < -0.39 is 0 Å². The molecule has 0 atom stereocenters. The van der Waals surface area contributed by atoms with Crippen molar-refractivity contribution in [2.45, 2.75) is 26.2 Å². The van der Waals surface area contributed by atoms with E-state index in [1.165, 1.54) is 11.3 Å². The first-order chi connectivity index (χ1) is 12.6. The van der Waals surface area contributed by atoms with Crippen molar-refractivity contribution in [2.24, 2.45) is 11.7 Å². The van der Waals surface area contributed by atoms with Crippen molar-refractivity contribution in [1.82, 2.24) is 9.88 Å². The first kappa shape index (κ1) is 18.4. The van der Waals surface area contributed by atoms with E-state index in [1.807, 2.05) is 24.3 Å². The third-order valence-corrected chi connectivity index (χ3v) is 5.37. The number of primary amides is 1. The predicted molar refractivity (Wildman–Crippen MR) is 101 cm³/mol. The number of thiazole rings is 1. The summed E-state index contributed by atoms with van der Waals surface area (Å²) in [6.45, 7) is 3.85. The van der Waals surface area contributed by atoms with Crippen LogP contribution in [0.3, 0.4) is 0 Å². The number of carbonyl (C=O) groups excluding carboxylic acids is 2. The highest BCUT2D eigenvalue weighted by Gasteiger charge is 2.27. The largest absolute Gasteiger partial charge is 0.494 e. The molecule has 2 amide bonds. The summed E-state index contributed by atoms with van der Waals surface area (Å²) in [6.07, 6.45) is 2.21. The summed E-state index contributed by atoms with van der Waals surface area (Å²) in [5, 5.41) is 2.60. The maximum Gasteiger partial charge on any atom is 0.273 e. The number of likely N-dealkylation sites (tertiary alicyclic amines) is 1. The summed E-state index contributed by atoms with van der Waals surface area (Å²) in [5.74, 6) is 0.344. The molecule has 0 bridgehead atoms. The van der Waals surface area contributed by atoms with Crippen molar-refractivity contribution < 1.29 is 14.3 Å². The quantitative estimate of drug-likeness (QED) is 0.843.